The van der Waals surface area contributed by atoms with Crippen molar-refractivity contribution < 1.29 is 13.2 Å². The van der Waals surface area contributed by atoms with Gasteiger partial charge in [0.1, 0.15) is 0 Å². The van der Waals surface area contributed by atoms with Crippen molar-refractivity contribution in [1.29, 1.82) is 0 Å². The average Bonchev–Trinajstić information content (AvgIpc) is 3.09. The number of sulfonamides is 1. The highest BCUT2D eigenvalue weighted by atomic mass is 127. The Balaban J connectivity index is 1.90. The van der Waals surface area contributed by atoms with Crippen molar-refractivity contribution in [3.05, 3.63) is 76.9 Å². The summed E-state index contributed by atoms with van der Waals surface area (Å²) >= 11 is 3.33. The van der Waals surface area contributed by atoms with Gasteiger partial charge in [-0.05, 0) is 52.9 Å². The van der Waals surface area contributed by atoms with E-state index in [0.29, 0.717) is 20.9 Å². The lowest BCUT2D eigenvalue weighted by Crippen LogP contribution is -2.31. The van der Waals surface area contributed by atoms with Crippen molar-refractivity contribution in [2.45, 2.75) is 4.90 Å². The number of carbonyl (C=O) groups excluding carboxylic acids is 1. The van der Waals surface area contributed by atoms with Crippen molar-refractivity contribution in [3.63, 3.8) is 0 Å². The summed E-state index contributed by atoms with van der Waals surface area (Å²) in [6, 6.07) is 12.0. The number of anilines is 1. The molecule has 3 aromatic rings. The van der Waals surface area contributed by atoms with Crippen LogP contribution in [0.15, 0.2) is 72.7 Å². The minimum absolute atomic E-state index is 0.160. The predicted octanol–water partition coefficient (Wildman–Crippen LogP) is 4.52. The fourth-order valence-corrected chi connectivity index (χ4v) is 5.65. The molecule has 0 aliphatic carbocycles. The Kier molecular flexibility index (Phi) is 6.83. The molecule has 0 saturated carbocycles. The highest BCUT2D eigenvalue weighted by Crippen LogP contribution is 2.29. The number of halogens is 1. The second-order valence-corrected chi connectivity index (χ2v) is 10.1. The van der Waals surface area contributed by atoms with Crippen molar-refractivity contribution in [2.75, 3.05) is 18.4 Å². The van der Waals surface area contributed by atoms with Crippen LogP contribution in [0, 0.1) is 3.57 Å². The van der Waals surface area contributed by atoms with E-state index >= 15 is 0 Å². The largest absolute Gasteiger partial charge is 0.298 e. The Morgan fingerprint density at radius 3 is 2.52 bits per heavy atom. The summed E-state index contributed by atoms with van der Waals surface area (Å²) in [6.45, 7) is 7.60. The van der Waals surface area contributed by atoms with Gasteiger partial charge in [0.05, 0.1) is 20.7 Å². The molecule has 0 atom stereocenters. The zero-order valence-electron chi connectivity index (χ0n) is 15.3. The van der Waals surface area contributed by atoms with Gasteiger partial charge in [0, 0.05) is 16.7 Å². The highest BCUT2D eigenvalue weighted by molar-refractivity contribution is 14.1. The van der Waals surface area contributed by atoms with E-state index in [2.05, 4.69) is 46.0 Å². The molecule has 9 heteroatoms. The minimum atomic E-state index is -3.70. The molecule has 1 heterocycles. The molecule has 1 N–H and O–H groups in total. The van der Waals surface area contributed by atoms with E-state index < -0.39 is 10.0 Å². The van der Waals surface area contributed by atoms with E-state index in [1.54, 1.807) is 24.3 Å². The van der Waals surface area contributed by atoms with Crippen LogP contribution in [0.25, 0.3) is 10.2 Å². The monoisotopic (exact) mass is 539 g/mol. The van der Waals surface area contributed by atoms with Gasteiger partial charge in [-0.3, -0.25) is 10.1 Å². The quantitative estimate of drug-likeness (QED) is 0.338. The summed E-state index contributed by atoms with van der Waals surface area (Å²) in [6.07, 6.45) is 3.07. The van der Waals surface area contributed by atoms with Crippen molar-refractivity contribution in [3.8, 4) is 0 Å². The third kappa shape index (κ3) is 4.74. The molecule has 0 aliphatic heterocycles. The second kappa shape index (κ2) is 9.16. The summed E-state index contributed by atoms with van der Waals surface area (Å²) in [4.78, 5) is 17.1. The van der Waals surface area contributed by atoms with Gasteiger partial charge in [-0.2, -0.15) is 4.31 Å². The lowest BCUT2D eigenvalue weighted by molar-refractivity contribution is 0.102. The zero-order valence-corrected chi connectivity index (χ0v) is 19.1. The Morgan fingerprint density at radius 2 is 1.86 bits per heavy atom. The predicted molar refractivity (Wildman–Crippen MR) is 126 cm³/mol. The molecular formula is C20H18IN3O3S2. The maximum Gasteiger partial charge on any atom is 0.258 e. The molecule has 150 valence electrons. The van der Waals surface area contributed by atoms with E-state index in [9.17, 15) is 13.2 Å². The maximum absolute atomic E-state index is 12.9. The number of aromatic nitrogens is 1. The lowest BCUT2D eigenvalue weighted by atomic mass is 10.2. The van der Waals surface area contributed by atoms with Crippen LogP contribution in [0.3, 0.4) is 0 Å². The highest BCUT2D eigenvalue weighted by Gasteiger charge is 2.23. The number of carbonyl (C=O) groups is 1. The first-order chi connectivity index (χ1) is 13.9. The molecule has 0 radical (unpaired) electrons. The van der Waals surface area contributed by atoms with E-state index in [0.717, 1.165) is 3.57 Å². The van der Waals surface area contributed by atoms with E-state index in [1.807, 2.05) is 12.1 Å². The van der Waals surface area contributed by atoms with Crippen molar-refractivity contribution >= 4 is 65.2 Å². The van der Waals surface area contributed by atoms with Crippen LogP contribution in [0.4, 0.5) is 5.13 Å². The first-order valence-electron chi connectivity index (χ1n) is 8.55. The summed E-state index contributed by atoms with van der Waals surface area (Å²) in [5, 5.41) is 3.20. The molecule has 0 unspecified atom stereocenters. The normalized spacial score (nSPS) is 11.5. The topological polar surface area (TPSA) is 79.4 Å². The first kappa shape index (κ1) is 21.6. The summed E-state index contributed by atoms with van der Waals surface area (Å²) < 4.78 is 28.6. The lowest BCUT2D eigenvalue weighted by Gasteiger charge is -2.18. The molecule has 1 amide bonds. The number of fused-ring (bicyclic) bond motifs is 1. The number of rotatable bonds is 8. The molecule has 6 nitrogen and oxygen atoms in total. The van der Waals surface area contributed by atoms with Gasteiger partial charge >= 0.3 is 0 Å². The smallest absolute Gasteiger partial charge is 0.258 e. The third-order valence-corrected chi connectivity index (χ3v) is 7.70. The van der Waals surface area contributed by atoms with Gasteiger partial charge in [0.25, 0.3) is 5.91 Å². The molecule has 1 aromatic heterocycles. The number of amides is 1. The standard InChI is InChI=1S/C20H18IN3O3S2/c1-3-11-24(12-4-2)29(26,27)14-9-10-17-18(13-14)28-20(22-17)23-19(25)15-7-5-6-8-16(15)21/h3-10,13H,1-2,11-12H2,(H,22,23,25). The maximum atomic E-state index is 12.9. The van der Waals surface area contributed by atoms with Crippen LogP contribution < -0.4 is 5.32 Å². The molecule has 3 rings (SSSR count). The number of benzene rings is 2. The molecule has 0 bridgehead atoms. The first-order valence-corrected chi connectivity index (χ1v) is 11.9. The van der Waals surface area contributed by atoms with Gasteiger partial charge in [0.15, 0.2) is 5.13 Å². The number of nitrogens with one attached hydrogen (secondary N) is 1. The Morgan fingerprint density at radius 1 is 1.17 bits per heavy atom. The Bertz CT molecular complexity index is 1180. The molecular weight excluding hydrogens is 521 g/mol. The molecule has 0 saturated heterocycles. The number of hydrogen-bond acceptors (Lipinski definition) is 5. The summed E-state index contributed by atoms with van der Waals surface area (Å²) in [7, 11) is -3.70. The molecule has 0 spiro atoms. The van der Waals surface area contributed by atoms with Gasteiger partial charge < -0.3 is 0 Å². The van der Waals surface area contributed by atoms with E-state index in [4.69, 9.17) is 0 Å². The molecule has 0 aliphatic rings. The van der Waals surface area contributed by atoms with Gasteiger partial charge in [0.2, 0.25) is 10.0 Å². The fraction of sp³-hybridized carbons (Fsp3) is 0.100. The van der Waals surface area contributed by atoms with Gasteiger partial charge in [-0.1, -0.05) is 35.6 Å². The van der Waals surface area contributed by atoms with Crippen LogP contribution in [0.1, 0.15) is 10.4 Å². The zero-order chi connectivity index (χ0) is 21.0. The van der Waals surface area contributed by atoms with Crippen LogP contribution in [-0.4, -0.2) is 36.7 Å². The minimum Gasteiger partial charge on any atom is -0.298 e. The Hall–Kier alpha value is -2.08. The van der Waals surface area contributed by atoms with Crippen LogP contribution in [-0.2, 0) is 10.0 Å². The van der Waals surface area contributed by atoms with E-state index in [1.165, 1.54) is 33.9 Å². The van der Waals surface area contributed by atoms with Crippen LogP contribution >= 0.6 is 33.9 Å². The molecule has 2 aromatic carbocycles. The van der Waals surface area contributed by atoms with Gasteiger partial charge in [-0.25, -0.2) is 13.4 Å². The van der Waals surface area contributed by atoms with Crippen LogP contribution in [0.2, 0.25) is 0 Å². The third-order valence-electron chi connectivity index (χ3n) is 4.00. The van der Waals surface area contributed by atoms with Gasteiger partial charge in [-0.15, -0.1) is 13.2 Å². The SMILES string of the molecule is C=CCN(CC=C)S(=O)(=O)c1ccc2nc(NC(=O)c3ccccc3I)sc2c1. The second-order valence-electron chi connectivity index (χ2n) is 5.98. The molecule has 29 heavy (non-hydrogen) atoms. The van der Waals surface area contributed by atoms with Crippen LogP contribution in [0.5, 0.6) is 0 Å². The van der Waals surface area contributed by atoms with E-state index in [-0.39, 0.29) is 23.9 Å². The van der Waals surface area contributed by atoms with Crippen molar-refractivity contribution in [1.82, 2.24) is 9.29 Å². The Labute approximate surface area is 187 Å². The fourth-order valence-electron chi connectivity index (χ4n) is 2.64. The summed E-state index contributed by atoms with van der Waals surface area (Å²) in [5.41, 5.74) is 1.17. The summed E-state index contributed by atoms with van der Waals surface area (Å²) in [5.74, 6) is -0.259. The van der Waals surface area contributed by atoms with Crippen molar-refractivity contribution in [2.24, 2.45) is 0 Å². The number of nitrogens with zero attached hydrogens (tertiary/aromatic N) is 2. The molecule has 0 fully saturated rings. The number of hydrogen-bond donors (Lipinski definition) is 1. The average molecular weight is 539 g/mol. The number of thiazole rings is 1.